The number of amides is 1. The van der Waals surface area contributed by atoms with E-state index in [-0.39, 0.29) is 40.8 Å². The molecule has 1 aromatic carbocycles. The van der Waals surface area contributed by atoms with E-state index in [9.17, 15) is 14.9 Å². The number of hydrogen-bond acceptors (Lipinski definition) is 5. The minimum atomic E-state index is -0.832. The molecular formula is C14H19Cl2N3O4. The van der Waals surface area contributed by atoms with E-state index in [1.54, 1.807) is 6.92 Å². The summed E-state index contributed by atoms with van der Waals surface area (Å²) < 4.78 is 5.41. The highest BCUT2D eigenvalue weighted by atomic mass is 35.5. The van der Waals surface area contributed by atoms with E-state index in [4.69, 9.17) is 16.3 Å². The highest BCUT2D eigenvalue weighted by Crippen LogP contribution is 2.30. The third kappa shape index (κ3) is 5.53. The number of ether oxygens (including phenoxy) is 1. The summed E-state index contributed by atoms with van der Waals surface area (Å²) in [5.41, 5.74) is -0.260. The Balaban J connectivity index is 0.00000264. The molecule has 1 fully saturated rings. The first-order chi connectivity index (χ1) is 10.5. The summed E-state index contributed by atoms with van der Waals surface area (Å²) in [7, 11) is 0. The van der Waals surface area contributed by atoms with Crippen LogP contribution in [0.25, 0.3) is 0 Å². The first-order valence-corrected chi connectivity index (χ1v) is 7.47. The van der Waals surface area contributed by atoms with Gasteiger partial charge in [0.2, 0.25) is 0 Å². The summed E-state index contributed by atoms with van der Waals surface area (Å²) in [6.07, 6.45) is 1.29. The molecule has 128 valence electrons. The van der Waals surface area contributed by atoms with E-state index in [0.29, 0.717) is 6.54 Å². The van der Waals surface area contributed by atoms with Crippen LogP contribution in [0.2, 0.25) is 5.02 Å². The monoisotopic (exact) mass is 363 g/mol. The molecule has 2 N–H and O–H groups in total. The van der Waals surface area contributed by atoms with Crippen LogP contribution in [0.15, 0.2) is 18.2 Å². The fraction of sp³-hybridized carbons (Fsp3) is 0.500. The molecule has 1 heterocycles. The van der Waals surface area contributed by atoms with Crippen LogP contribution >= 0.6 is 24.0 Å². The van der Waals surface area contributed by atoms with Crippen LogP contribution in [0.4, 0.5) is 5.69 Å². The van der Waals surface area contributed by atoms with Gasteiger partial charge in [-0.2, -0.15) is 0 Å². The minimum absolute atomic E-state index is 0. The molecule has 9 heteroatoms. The summed E-state index contributed by atoms with van der Waals surface area (Å²) in [6.45, 7) is 3.04. The summed E-state index contributed by atoms with van der Waals surface area (Å²) in [4.78, 5) is 22.4. The molecule has 0 aliphatic carbocycles. The number of hydrogen-bond donors (Lipinski definition) is 2. The molecule has 1 amide bonds. The first kappa shape index (κ1) is 19.5. The van der Waals surface area contributed by atoms with Crippen LogP contribution in [0, 0.1) is 10.1 Å². The number of rotatable bonds is 6. The third-order valence-electron chi connectivity index (χ3n) is 3.48. The molecule has 2 rings (SSSR count). The quantitative estimate of drug-likeness (QED) is 0.597. The van der Waals surface area contributed by atoms with Crippen LogP contribution in [0.5, 0.6) is 5.75 Å². The van der Waals surface area contributed by atoms with Crippen molar-refractivity contribution in [2.75, 3.05) is 13.1 Å². The van der Waals surface area contributed by atoms with Crippen molar-refractivity contribution in [2.24, 2.45) is 0 Å². The number of carbonyl (C=O) groups excluding carboxylic acids is 1. The van der Waals surface area contributed by atoms with Crippen molar-refractivity contribution in [1.82, 2.24) is 10.6 Å². The molecule has 1 aliphatic heterocycles. The Hall–Kier alpha value is -1.57. The fourth-order valence-electron chi connectivity index (χ4n) is 2.28. The molecule has 1 saturated heterocycles. The molecule has 0 radical (unpaired) electrons. The number of nitro benzene ring substituents is 1. The van der Waals surface area contributed by atoms with Gasteiger partial charge in [-0.3, -0.25) is 14.9 Å². The van der Waals surface area contributed by atoms with E-state index in [0.717, 1.165) is 19.4 Å². The maximum atomic E-state index is 12.0. The number of benzene rings is 1. The largest absolute Gasteiger partial charge is 0.474 e. The molecular weight excluding hydrogens is 345 g/mol. The predicted molar refractivity (Wildman–Crippen MR) is 89.5 cm³/mol. The van der Waals surface area contributed by atoms with Crippen LogP contribution in [-0.4, -0.2) is 36.1 Å². The van der Waals surface area contributed by atoms with Gasteiger partial charge in [0.25, 0.3) is 5.91 Å². The fourth-order valence-corrected chi connectivity index (χ4v) is 2.44. The van der Waals surface area contributed by atoms with Gasteiger partial charge in [0.05, 0.1) is 4.92 Å². The maximum absolute atomic E-state index is 12.0. The third-order valence-corrected chi connectivity index (χ3v) is 3.71. The Morgan fingerprint density at radius 2 is 2.35 bits per heavy atom. The van der Waals surface area contributed by atoms with Gasteiger partial charge >= 0.3 is 5.69 Å². The van der Waals surface area contributed by atoms with Crippen molar-refractivity contribution >= 4 is 35.6 Å². The smallest absolute Gasteiger partial charge is 0.312 e. The van der Waals surface area contributed by atoms with E-state index in [1.807, 2.05) is 0 Å². The standard InChI is InChI=1S/C14H18ClN3O4.ClH/c1-9(14(19)17-8-11-3-2-6-16-11)22-13-5-4-10(15)7-12(13)18(20)21;/h4-5,7,9,11,16H,2-3,6,8H2,1H3,(H,17,19);1H. The Morgan fingerprint density at radius 1 is 1.61 bits per heavy atom. The maximum Gasteiger partial charge on any atom is 0.312 e. The second kappa shape index (κ2) is 8.90. The second-order valence-corrected chi connectivity index (χ2v) is 5.60. The van der Waals surface area contributed by atoms with Crippen molar-refractivity contribution in [3.05, 3.63) is 33.3 Å². The molecule has 0 bridgehead atoms. The normalized spacial score (nSPS) is 17.9. The summed E-state index contributed by atoms with van der Waals surface area (Å²) in [5, 5.41) is 17.3. The Labute approximate surface area is 145 Å². The molecule has 2 atom stereocenters. The number of nitro groups is 1. The zero-order chi connectivity index (χ0) is 16.1. The Bertz CT molecular complexity index is 565. The van der Waals surface area contributed by atoms with E-state index >= 15 is 0 Å². The number of nitrogens with one attached hydrogen (secondary N) is 2. The van der Waals surface area contributed by atoms with Crippen molar-refractivity contribution in [2.45, 2.75) is 31.9 Å². The molecule has 0 saturated carbocycles. The molecule has 1 aromatic rings. The summed E-state index contributed by atoms with van der Waals surface area (Å²) in [5.74, 6) is -0.283. The van der Waals surface area contributed by atoms with Crippen molar-refractivity contribution < 1.29 is 14.5 Å². The first-order valence-electron chi connectivity index (χ1n) is 7.09. The molecule has 2 unspecified atom stereocenters. The van der Waals surface area contributed by atoms with Gasteiger partial charge < -0.3 is 15.4 Å². The summed E-state index contributed by atoms with van der Waals surface area (Å²) in [6, 6.07) is 4.35. The number of halogens is 2. The van der Waals surface area contributed by atoms with Crippen molar-refractivity contribution in [1.29, 1.82) is 0 Å². The van der Waals surface area contributed by atoms with E-state index in [1.165, 1.54) is 18.2 Å². The molecule has 0 aromatic heterocycles. The zero-order valence-corrected chi connectivity index (χ0v) is 14.2. The molecule has 0 spiro atoms. The highest BCUT2D eigenvalue weighted by molar-refractivity contribution is 6.30. The second-order valence-electron chi connectivity index (χ2n) is 5.17. The van der Waals surface area contributed by atoms with Gasteiger partial charge in [-0.1, -0.05) is 11.6 Å². The Morgan fingerprint density at radius 3 is 2.96 bits per heavy atom. The van der Waals surface area contributed by atoms with Gasteiger partial charge in [0, 0.05) is 23.7 Å². The minimum Gasteiger partial charge on any atom is -0.474 e. The van der Waals surface area contributed by atoms with Crippen LogP contribution < -0.4 is 15.4 Å². The van der Waals surface area contributed by atoms with E-state index in [2.05, 4.69) is 10.6 Å². The average molecular weight is 364 g/mol. The zero-order valence-electron chi connectivity index (χ0n) is 12.6. The SMILES string of the molecule is CC(Oc1ccc(Cl)cc1[N+](=O)[O-])C(=O)NCC1CCCN1.Cl. The van der Waals surface area contributed by atoms with Crippen LogP contribution in [0.1, 0.15) is 19.8 Å². The number of nitrogens with zero attached hydrogens (tertiary/aromatic N) is 1. The predicted octanol–water partition coefficient (Wildman–Crippen LogP) is 2.31. The van der Waals surface area contributed by atoms with Gasteiger partial charge in [-0.15, -0.1) is 12.4 Å². The average Bonchev–Trinajstić information content (AvgIpc) is 2.99. The number of carbonyl (C=O) groups is 1. The molecule has 7 nitrogen and oxygen atoms in total. The van der Waals surface area contributed by atoms with Crippen molar-refractivity contribution in [3.63, 3.8) is 0 Å². The molecule has 23 heavy (non-hydrogen) atoms. The van der Waals surface area contributed by atoms with Gasteiger partial charge in [-0.25, -0.2) is 0 Å². The van der Waals surface area contributed by atoms with Crippen LogP contribution in [-0.2, 0) is 4.79 Å². The lowest BCUT2D eigenvalue weighted by molar-refractivity contribution is -0.386. The highest BCUT2D eigenvalue weighted by Gasteiger charge is 2.22. The van der Waals surface area contributed by atoms with Gasteiger partial charge in [0.15, 0.2) is 11.9 Å². The molecule has 1 aliphatic rings. The van der Waals surface area contributed by atoms with Crippen molar-refractivity contribution in [3.8, 4) is 5.75 Å². The van der Waals surface area contributed by atoms with Gasteiger partial charge in [0.1, 0.15) is 0 Å². The topological polar surface area (TPSA) is 93.5 Å². The lowest BCUT2D eigenvalue weighted by atomic mass is 10.2. The lowest BCUT2D eigenvalue weighted by Crippen LogP contribution is -2.42. The van der Waals surface area contributed by atoms with E-state index < -0.39 is 11.0 Å². The van der Waals surface area contributed by atoms with Gasteiger partial charge in [-0.05, 0) is 38.4 Å². The van der Waals surface area contributed by atoms with Crippen LogP contribution in [0.3, 0.4) is 0 Å². The Kier molecular flexibility index (Phi) is 7.54. The lowest BCUT2D eigenvalue weighted by Gasteiger charge is -2.17. The summed E-state index contributed by atoms with van der Waals surface area (Å²) >= 11 is 5.74.